The molecule has 74 valence electrons. The third-order valence-corrected chi connectivity index (χ3v) is 2.79. The smallest absolute Gasteiger partial charge is 0.162 e. The van der Waals surface area contributed by atoms with Gasteiger partial charge in [-0.05, 0) is 24.0 Å². The van der Waals surface area contributed by atoms with Gasteiger partial charge in [-0.25, -0.2) is 0 Å². The predicted molar refractivity (Wildman–Crippen MR) is 54.2 cm³/mol. The lowest BCUT2D eigenvalue weighted by Gasteiger charge is -2.05. The number of ketones is 1. The first-order chi connectivity index (χ1) is 6.81. The Morgan fingerprint density at radius 2 is 1.93 bits per heavy atom. The average Bonchev–Trinajstić information content (AvgIpc) is 2.61. The highest BCUT2D eigenvalue weighted by molar-refractivity contribution is 5.83. The van der Waals surface area contributed by atoms with Crippen molar-refractivity contribution < 1.29 is 9.53 Å². The van der Waals surface area contributed by atoms with Crippen LogP contribution in [0.4, 0.5) is 0 Å². The SMILES string of the molecule is COCC(=O)C1Cc2ccccc2C1. The standard InChI is InChI=1S/C12H14O2/c1-14-8-12(13)11-6-9-4-2-3-5-10(9)7-11/h2-5,11H,6-8H2,1H3. The lowest BCUT2D eigenvalue weighted by molar-refractivity contribution is -0.126. The van der Waals surface area contributed by atoms with Gasteiger partial charge < -0.3 is 4.74 Å². The van der Waals surface area contributed by atoms with E-state index in [4.69, 9.17) is 4.74 Å². The van der Waals surface area contributed by atoms with Gasteiger partial charge in [0.2, 0.25) is 0 Å². The molecular weight excluding hydrogens is 176 g/mol. The van der Waals surface area contributed by atoms with Gasteiger partial charge in [-0.3, -0.25) is 4.79 Å². The Bertz CT molecular complexity index is 319. The number of hydrogen-bond acceptors (Lipinski definition) is 2. The molecular formula is C12H14O2. The third kappa shape index (κ3) is 1.70. The number of rotatable bonds is 3. The number of ether oxygens (including phenoxy) is 1. The lowest BCUT2D eigenvalue weighted by Crippen LogP contribution is -2.19. The van der Waals surface area contributed by atoms with Crippen LogP contribution in [0.25, 0.3) is 0 Å². The van der Waals surface area contributed by atoms with Crippen LogP contribution in [0, 0.1) is 5.92 Å². The molecule has 0 spiro atoms. The summed E-state index contributed by atoms with van der Waals surface area (Å²) < 4.78 is 4.87. The van der Waals surface area contributed by atoms with Crippen LogP contribution in [0.1, 0.15) is 11.1 Å². The summed E-state index contributed by atoms with van der Waals surface area (Å²) in [6.45, 7) is 0.249. The van der Waals surface area contributed by atoms with Gasteiger partial charge in [0, 0.05) is 13.0 Å². The van der Waals surface area contributed by atoms with Crippen LogP contribution in [0.3, 0.4) is 0 Å². The number of fused-ring (bicyclic) bond motifs is 1. The first kappa shape index (κ1) is 9.41. The summed E-state index contributed by atoms with van der Waals surface area (Å²) in [5.74, 6) is 0.371. The van der Waals surface area contributed by atoms with Crippen LogP contribution in [0.2, 0.25) is 0 Å². The Labute approximate surface area is 83.9 Å². The van der Waals surface area contributed by atoms with E-state index in [9.17, 15) is 4.79 Å². The molecule has 0 atom stereocenters. The molecule has 0 radical (unpaired) electrons. The van der Waals surface area contributed by atoms with Crippen molar-refractivity contribution in [2.75, 3.05) is 13.7 Å². The van der Waals surface area contributed by atoms with Crippen molar-refractivity contribution >= 4 is 5.78 Å². The zero-order chi connectivity index (χ0) is 9.97. The van der Waals surface area contributed by atoms with Gasteiger partial charge in [0.15, 0.2) is 5.78 Å². The van der Waals surface area contributed by atoms with Crippen molar-refractivity contribution in [2.45, 2.75) is 12.8 Å². The molecule has 0 aromatic heterocycles. The lowest BCUT2D eigenvalue weighted by atomic mass is 10.0. The number of Topliss-reactive ketones (excluding diaryl/α,β-unsaturated/α-hetero) is 1. The highest BCUT2D eigenvalue weighted by Gasteiger charge is 2.26. The maximum absolute atomic E-state index is 11.6. The summed E-state index contributed by atoms with van der Waals surface area (Å²) in [6, 6.07) is 8.27. The van der Waals surface area contributed by atoms with E-state index >= 15 is 0 Å². The summed E-state index contributed by atoms with van der Waals surface area (Å²) in [5.41, 5.74) is 2.64. The minimum Gasteiger partial charge on any atom is -0.377 e. The van der Waals surface area contributed by atoms with Crippen LogP contribution in [0.15, 0.2) is 24.3 Å². The van der Waals surface area contributed by atoms with Crippen molar-refractivity contribution in [3.05, 3.63) is 35.4 Å². The molecule has 0 N–H and O–H groups in total. The van der Waals surface area contributed by atoms with Gasteiger partial charge in [0.05, 0.1) is 0 Å². The number of benzene rings is 1. The maximum atomic E-state index is 11.6. The quantitative estimate of drug-likeness (QED) is 0.724. The number of hydrogen-bond donors (Lipinski definition) is 0. The summed E-state index contributed by atoms with van der Waals surface area (Å²) in [5, 5.41) is 0. The fraction of sp³-hybridized carbons (Fsp3) is 0.417. The summed E-state index contributed by atoms with van der Waals surface area (Å²) in [7, 11) is 1.57. The molecule has 0 heterocycles. The Morgan fingerprint density at radius 1 is 1.36 bits per heavy atom. The van der Waals surface area contributed by atoms with Gasteiger partial charge >= 0.3 is 0 Å². The van der Waals surface area contributed by atoms with E-state index in [-0.39, 0.29) is 18.3 Å². The van der Waals surface area contributed by atoms with E-state index in [1.807, 2.05) is 12.1 Å². The minimum atomic E-state index is 0.146. The molecule has 1 aromatic carbocycles. The van der Waals surface area contributed by atoms with Crippen molar-refractivity contribution in [3.8, 4) is 0 Å². The van der Waals surface area contributed by atoms with Crippen LogP contribution in [-0.2, 0) is 22.4 Å². The minimum absolute atomic E-state index is 0.146. The van der Waals surface area contributed by atoms with Crippen molar-refractivity contribution in [2.24, 2.45) is 5.92 Å². The fourth-order valence-electron chi connectivity index (χ4n) is 2.05. The Balaban J connectivity index is 2.08. The second-order valence-electron chi connectivity index (χ2n) is 3.77. The zero-order valence-corrected chi connectivity index (χ0v) is 8.32. The van der Waals surface area contributed by atoms with Crippen LogP contribution < -0.4 is 0 Å². The van der Waals surface area contributed by atoms with Crippen LogP contribution >= 0.6 is 0 Å². The maximum Gasteiger partial charge on any atom is 0.162 e. The van der Waals surface area contributed by atoms with Gasteiger partial charge in [-0.1, -0.05) is 24.3 Å². The van der Waals surface area contributed by atoms with E-state index in [2.05, 4.69) is 12.1 Å². The molecule has 0 unspecified atom stereocenters. The van der Waals surface area contributed by atoms with Crippen molar-refractivity contribution in [3.63, 3.8) is 0 Å². The fourth-order valence-corrected chi connectivity index (χ4v) is 2.05. The molecule has 0 saturated heterocycles. The second kappa shape index (κ2) is 3.93. The predicted octanol–water partition coefficient (Wildman–Crippen LogP) is 1.62. The second-order valence-corrected chi connectivity index (χ2v) is 3.77. The highest BCUT2D eigenvalue weighted by atomic mass is 16.5. The third-order valence-electron chi connectivity index (χ3n) is 2.79. The summed E-state index contributed by atoms with van der Waals surface area (Å²) in [4.78, 5) is 11.6. The summed E-state index contributed by atoms with van der Waals surface area (Å²) >= 11 is 0. The van der Waals surface area contributed by atoms with Crippen LogP contribution in [0.5, 0.6) is 0 Å². The molecule has 2 nitrogen and oxygen atoms in total. The summed E-state index contributed by atoms with van der Waals surface area (Å²) in [6.07, 6.45) is 1.77. The zero-order valence-electron chi connectivity index (χ0n) is 8.32. The van der Waals surface area contributed by atoms with Gasteiger partial charge in [-0.15, -0.1) is 0 Å². The normalized spacial score (nSPS) is 15.5. The van der Waals surface area contributed by atoms with Gasteiger partial charge in [0.25, 0.3) is 0 Å². The molecule has 2 heteroatoms. The van der Waals surface area contributed by atoms with Gasteiger partial charge in [0.1, 0.15) is 6.61 Å². The Kier molecular flexibility index (Phi) is 2.64. The van der Waals surface area contributed by atoms with Crippen molar-refractivity contribution in [1.29, 1.82) is 0 Å². The highest BCUT2D eigenvalue weighted by Crippen LogP contribution is 2.26. The molecule has 0 fully saturated rings. The Morgan fingerprint density at radius 3 is 2.43 bits per heavy atom. The molecule has 0 aliphatic heterocycles. The van der Waals surface area contributed by atoms with Crippen molar-refractivity contribution in [1.82, 2.24) is 0 Å². The van der Waals surface area contributed by atoms with E-state index < -0.39 is 0 Å². The van der Waals surface area contributed by atoms with Crippen LogP contribution in [-0.4, -0.2) is 19.5 Å². The largest absolute Gasteiger partial charge is 0.377 e. The molecule has 1 aliphatic rings. The first-order valence-electron chi connectivity index (χ1n) is 4.89. The van der Waals surface area contributed by atoms with Gasteiger partial charge in [-0.2, -0.15) is 0 Å². The molecule has 14 heavy (non-hydrogen) atoms. The first-order valence-corrected chi connectivity index (χ1v) is 4.89. The van der Waals surface area contributed by atoms with E-state index in [0.29, 0.717) is 0 Å². The topological polar surface area (TPSA) is 26.3 Å². The van der Waals surface area contributed by atoms with E-state index in [1.165, 1.54) is 11.1 Å². The Hall–Kier alpha value is -1.15. The average molecular weight is 190 g/mol. The molecule has 1 aromatic rings. The number of carbonyl (C=O) groups excluding carboxylic acids is 1. The molecule has 0 amide bonds. The molecule has 1 aliphatic carbocycles. The van der Waals surface area contributed by atoms with E-state index in [1.54, 1.807) is 7.11 Å². The molecule has 0 saturated carbocycles. The molecule has 0 bridgehead atoms. The van der Waals surface area contributed by atoms with E-state index in [0.717, 1.165) is 12.8 Å². The monoisotopic (exact) mass is 190 g/mol. The molecule has 2 rings (SSSR count). The number of methoxy groups -OCH3 is 1. The number of carbonyl (C=O) groups is 1.